The van der Waals surface area contributed by atoms with Crippen LogP contribution in [0.25, 0.3) is 6.08 Å². The van der Waals surface area contributed by atoms with Gasteiger partial charge < -0.3 is 69.6 Å². The van der Waals surface area contributed by atoms with Gasteiger partial charge in [0.05, 0.1) is 18.8 Å². The van der Waals surface area contributed by atoms with E-state index in [2.05, 4.69) is 0 Å². The number of aliphatic hydroxyl groups is 6. The largest absolute Gasteiger partial charge is 0.508 e. The molecule has 3 aliphatic rings. The number of phenolic OH excluding ortho intramolecular Hbond substituents is 3. The van der Waals surface area contributed by atoms with Crippen molar-refractivity contribution in [2.75, 3.05) is 13.2 Å². The Morgan fingerprint density at radius 2 is 1.55 bits per heavy atom. The highest BCUT2D eigenvalue weighted by molar-refractivity contribution is 5.69. The zero-order valence-corrected chi connectivity index (χ0v) is 20.8. The van der Waals surface area contributed by atoms with E-state index in [4.69, 9.17) is 23.7 Å². The molecule has 2 aromatic rings. The van der Waals surface area contributed by atoms with Crippen LogP contribution in [-0.4, -0.2) is 114 Å². The first-order valence-electron chi connectivity index (χ1n) is 12.4. The molecule has 0 spiro atoms. The molecule has 0 aromatic heterocycles. The monoisotopic (exact) mass is 566 g/mol. The topological polar surface area (TPSA) is 228 Å². The van der Waals surface area contributed by atoms with Crippen LogP contribution in [0.2, 0.25) is 0 Å². The van der Waals surface area contributed by atoms with E-state index < -0.39 is 74.6 Å². The highest BCUT2D eigenvalue weighted by atomic mass is 16.8. The van der Waals surface area contributed by atoms with Crippen LogP contribution in [0, 0.1) is 0 Å². The van der Waals surface area contributed by atoms with Gasteiger partial charge in [-0.1, -0.05) is 12.1 Å². The molecule has 5 rings (SSSR count). The number of phenols is 3. The van der Waals surface area contributed by atoms with Gasteiger partial charge in [-0.15, -0.1) is 0 Å². The number of benzene rings is 2. The standard InChI is InChI=1S/C26H30O14/c27-8-18-20(33)21(34)24(40-25-22(35)19(32)15(31)9-36-25)26(39-18)38-17-7-13-14(30)5-12(29)6-16(13)37-23(17)10-1-3-11(28)4-2-10/h1-7,15,18-35H,8-9H2/t15-,18-,19+,20-,21+,22-,23?,24-,25+,26+/m1/s1. The summed E-state index contributed by atoms with van der Waals surface area (Å²) < 4.78 is 28.8. The van der Waals surface area contributed by atoms with Gasteiger partial charge in [0.25, 0.3) is 0 Å². The molecule has 14 heteroatoms. The molecule has 40 heavy (non-hydrogen) atoms. The number of aliphatic hydroxyl groups excluding tert-OH is 6. The minimum absolute atomic E-state index is 0.00127. The molecular weight excluding hydrogens is 536 g/mol. The lowest BCUT2D eigenvalue weighted by atomic mass is 9.98. The molecule has 0 amide bonds. The van der Waals surface area contributed by atoms with Crippen molar-refractivity contribution in [3.8, 4) is 23.0 Å². The highest BCUT2D eigenvalue weighted by Gasteiger charge is 2.50. The van der Waals surface area contributed by atoms with Crippen LogP contribution in [0.1, 0.15) is 17.2 Å². The number of ether oxygens (including phenoxy) is 5. The summed E-state index contributed by atoms with van der Waals surface area (Å²) in [4.78, 5) is 0. The Hall–Kier alpha value is -3.18. The van der Waals surface area contributed by atoms with Crippen molar-refractivity contribution in [2.24, 2.45) is 0 Å². The van der Waals surface area contributed by atoms with Crippen LogP contribution in [0.15, 0.2) is 42.2 Å². The van der Waals surface area contributed by atoms with Gasteiger partial charge in [-0.3, -0.25) is 0 Å². The van der Waals surface area contributed by atoms with Crippen molar-refractivity contribution < 1.29 is 69.6 Å². The van der Waals surface area contributed by atoms with Crippen LogP contribution in [0.4, 0.5) is 0 Å². The van der Waals surface area contributed by atoms with E-state index in [0.717, 1.165) is 6.07 Å². The number of fused-ring (bicyclic) bond motifs is 1. The highest BCUT2D eigenvalue weighted by Crippen LogP contribution is 2.45. The van der Waals surface area contributed by atoms with E-state index in [1.807, 2.05) is 0 Å². The Bertz CT molecular complexity index is 1220. The molecule has 2 fully saturated rings. The van der Waals surface area contributed by atoms with E-state index in [0.29, 0.717) is 5.56 Å². The molecule has 0 aliphatic carbocycles. The minimum atomic E-state index is -1.74. The van der Waals surface area contributed by atoms with Gasteiger partial charge in [0.1, 0.15) is 65.4 Å². The molecule has 3 heterocycles. The predicted octanol–water partition coefficient (Wildman–Crippen LogP) is -1.44. The summed E-state index contributed by atoms with van der Waals surface area (Å²) in [5.41, 5.74) is 0.604. The third-order valence-corrected chi connectivity index (χ3v) is 6.91. The van der Waals surface area contributed by atoms with Gasteiger partial charge in [0.2, 0.25) is 6.29 Å². The molecule has 3 aliphatic heterocycles. The SMILES string of the molecule is OC[C@H]1O[C@H](OC2=Cc3c(O)cc(O)cc3OC2c2ccc(O)cc2)[C@H](O[C@@H]2OC[C@@H](O)[C@H](O)[C@H]2O)[C@@H](O)[C@@H]1O. The fourth-order valence-electron chi connectivity index (χ4n) is 4.70. The van der Waals surface area contributed by atoms with E-state index in [1.165, 1.54) is 36.4 Å². The average molecular weight is 567 g/mol. The summed E-state index contributed by atoms with van der Waals surface area (Å²) in [5.74, 6) is -0.516. The third-order valence-electron chi connectivity index (χ3n) is 6.91. The van der Waals surface area contributed by atoms with Crippen molar-refractivity contribution in [1.29, 1.82) is 0 Å². The maximum absolute atomic E-state index is 10.9. The molecule has 2 saturated heterocycles. The first-order valence-corrected chi connectivity index (χ1v) is 12.4. The quantitative estimate of drug-likeness (QED) is 0.195. The molecule has 1 unspecified atom stereocenters. The summed E-state index contributed by atoms with van der Waals surface area (Å²) in [6, 6.07) is 8.24. The number of rotatable bonds is 6. The smallest absolute Gasteiger partial charge is 0.229 e. The Labute approximate surface area is 227 Å². The van der Waals surface area contributed by atoms with Gasteiger partial charge >= 0.3 is 0 Å². The fraction of sp³-hybridized carbons (Fsp3) is 0.462. The zero-order chi connectivity index (χ0) is 28.7. The van der Waals surface area contributed by atoms with Crippen LogP contribution < -0.4 is 4.74 Å². The van der Waals surface area contributed by atoms with E-state index >= 15 is 0 Å². The average Bonchev–Trinajstić information content (AvgIpc) is 2.93. The second-order valence-corrected chi connectivity index (χ2v) is 9.69. The van der Waals surface area contributed by atoms with Crippen LogP contribution in [0.5, 0.6) is 23.0 Å². The second kappa shape index (κ2) is 11.4. The Morgan fingerprint density at radius 3 is 2.25 bits per heavy atom. The Morgan fingerprint density at radius 1 is 0.825 bits per heavy atom. The lowest BCUT2D eigenvalue weighted by molar-refractivity contribution is -0.352. The van der Waals surface area contributed by atoms with Crippen LogP contribution in [0.3, 0.4) is 0 Å². The normalized spacial score (nSPS) is 35.8. The van der Waals surface area contributed by atoms with Crippen molar-refractivity contribution in [3.05, 3.63) is 53.3 Å². The predicted molar refractivity (Wildman–Crippen MR) is 131 cm³/mol. The van der Waals surface area contributed by atoms with Gasteiger partial charge in [-0.25, -0.2) is 0 Å². The van der Waals surface area contributed by atoms with Gasteiger partial charge in [-0.2, -0.15) is 0 Å². The van der Waals surface area contributed by atoms with Crippen molar-refractivity contribution in [2.45, 2.75) is 61.4 Å². The van der Waals surface area contributed by atoms with Crippen LogP contribution in [-0.2, 0) is 18.9 Å². The van der Waals surface area contributed by atoms with Gasteiger partial charge in [0, 0.05) is 17.7 Å². The summed E-state index contributed by atoms with van der Waals surface area (Å²) in [5, 5.41) is 91.3. The second-order valence-electron chi connectivity index (χ2n) is 9.69. The molecule has 10 atom stereocenters. The third kappa shape index (κ3) is 5.41. The van der Waals surface area contributed by atoms with Crippen molar-refractivity contribution in [3.63, 3.8) is 0 Å². The number of hydrogen-bond acceptors (Lipinski definition) is 14. The van der Waals surface area contributed by atoms with E-state index in [-0.39, 0.29) is 34.3 Å². The van der Waals surface area contributed by atoms with Crippen molar-refractivity contribution >= 4 is 6.08 Å². The molecule has 9 N–H and O–H groups in total. The first-order chi connectivity index (χ1) is 19.1. The minimum Gasteiger partial charge on any atom is -0.508 e. The van der Waals surface area contributed by atoms with Gasteiger partial charge in [0.15, 0.2) is 18.5 Å². The molecule has 14 nitrogen and oxygen atoms in total. The maximum Gasteiger partial charge on any atom is 0.229 e. The molecular formula is C26H30O14. The van der Waals surface area contributed by atoms with Crippen LogP contribution >= 0.6 is 0 Å². The number of aromatic hydroxyl groups is 3. The Balaban J connectivity index is 1.50. The Kier molecular flexibility index (Phi) is 8.05. The zero-order valence-electron chi connectivity index (χ0n) is 20.8. The first kappa shape index (κ1) is 28.4. The van der Waals surface area contributed by atoms with Crippen molar-refractivity contribution in [1.82, 2.24) is 0 Å². The molecule has 0 saturated carbocycles. The summed E-state index contributed by atoms with van der Waals surface area (Å²) >= 11 is 0. The molecule has 0 radical (unpaired) electrons. The summed E-state index contributed by atoms with van der Waals surface area (Å²) in [7, 11) is 0. The fourth-order valence-corrected chi connectivity index (χ4v) is 4.70. The maximum atomic E-state index is 10.9. The molecule has 2 aromatic carbocycles. The lowest BCUT2D eigenvalue weighted by Gasteiger charge is -2.45. The lowest BCUT2D eigenvalue weighted by Crippen LogP contribution is -2.63. The van der Waals surface area contributed by atoms with Gasteiger partial charge in [-0.05, 0) is 18.2 Å². The summed E-state index contributed by atoms with van der Waals surface area (Å²) in [6.07, 6.45) is -13.8. The summed E-state index contributed by atoms with van der Waals surface area (Å²) in [6.45, 7) is -1.11. The molecule has 218 valence electrons. The number of hydrogen-bond donors (Lipinski definition) is 9. The van der Waals surface area contributed by atoms with E-state index in [9.17, 15) is 46.0 Å². The molecule has 0 bridgehead atoms. The van der Waals surface area contributed by atoms with E-state index in [1.54, 1.807) is 0 Å².